The minimum Gasteiger partial charge on any atom is -0.484 e. The Balaban J connectivity index is 1.61. The van der Waals surface area contributed by atoms with E-state index in [-0.39, 0.29) is 30.1 Å². The fourth-order valence-corrected chi connectivity index (χ4v) is 5.30. The number of hydrogen-bond acceptors (Lipinski definition) is 5. The van der Waals surface area contributed by atoms with Crippen LogP contribution >= 0.6 is 0 Å². The molecule has 0 saturated carbocycles. The van der Waals surface area contributed by atoms with Crippen LogP contribution in [0.5, 0.6) is 5.75 Å². The summed E-state index contributed by atoms with van der Waals surface area (Å²) in [6.07, 6.45) is 2.26. The van der Waals surface area contributed by atoms with E-state index in [1.165, 1.54) is 0 Å². The predicted octanol–water partition coefficient (Wildman–Crippen LogP) is 3.42. The summed E-state index contributed by atoms with van der Waals surface area (Å²) in [5.74, 6) is 0.587. The summed E-state index contributed by atoms with van der Waals surface area (Å²) in [6, 6.07) is 16.6. The van der Waals surface area contributed by atoms with Crippen molar-refractivity contribution in [3.05, 3.63) is 54.1 Å². The van der Waals surface area contributed by atoms with Gasteiger partial charge in [-0.15, -0.1) is 0 Å². The van der Waals surface area contributed by atoms with E-state index in [1.807, 2.05) is 31.2 Å². The lowest BCUT2D eigenvalue weighted by atomic mass is 10.0. The van der Waals surface area contributed by atoms with Crippen LogP contribution in [0.4, 0.5) is 0 Å². The first kappa shape index (κ1) is 21.8. The Bertz CT molecular complexity index is 1010. The maximum atomic E-state index is 12.7. The molecule has 1 saturated heterocycles. The van der Waals surface area contributed by atoms with Gasteiger partial charge in [0.2, 0.25) is 0 Å². The highest BCUT2D eigenvalue weighted by atomic mass is 32.2. The van der Waals surface area contributed by atoms with Gasteiger partial charge < -0.3 is 9.64 Å². The monoisotopic (exact) mass is 426 g/mol. The largest absolute Gasteiger partial charge is 0.484 e. The van der Waals surface area contributed by atoms with Crippen LogP contribution < -0.4 is 4.74 Å². The van der Waals surface area contributed by atoms with Gasteiger partial charge in [-0.3, -0.25) is 4.79 Å². The molecule has 2 aromatic carbocycles. The summed E-state index contributed by atoms with van der Waals surface area (Å²) >= 11 is 0. The highest BCUT2D eigenvalue weighted by Gasteiger charge is 2.34. The maximum Gasteiger partial charge on any atom is 0.260 e. The smallest absolute Gasteiger partial charge is 0.260 e. The van der Waals surface area contributed by atoms with Gasteiger partial charge in [0.05, 0.1) is 23.1 Å². The number of unbranched alkanes of at least 4 members (excludes halogenated alkanes) is 1. The average Bonchev–Trinajstić information content (AvgIpc) is 3.12. The fourth-order valence-electron chi connectivity index (χ4n) is 3.57. The number of hydrogen-bond donors (Lipinski definition) is 0. The van der Waals surface area contributed by atoms with E-state index in [2.05, 4.69) is 6.07 Å². The van der Waals surface area contributed by atoms with E-state index in [1.54, 1.807) is 29.2 Å². The van der Waals surface area contributed by atoms with Crippen molar-refractivity contribution in [3.63, 3.8) is 0 Å². The molecule has 1 unspecified atom stereocenters. The molecule has 0 radical (unpaired) electrons. The number of carbonyl (C=O) groups is 1. The van der Waals surface area contributed by atoms with Crippen molar-refractivity contribution < 1.29 is 17.9 Å². The first-order chi connectivity index (χ1) is 14.4. The average molecular weight is 427 g/mol. The van der Waals surface area contributed by atoms with Gasteiger partial charge in [0.25, 0.3) is 5.91 Å². The summed E-state index contributed by atoms with van der Waals surface area (Å²) in [5, 5.41) is 8.89. The van der Waals surface area contributed by atoms with Gasteiger partial charge in [-0.25, -0.2) is 8.42 Å². The second kappa shape index (κ2) is 9.77. The first-order valence-corrected chi connectivity index (χ1v) is 12.0. The Morgan fingerprint density at radius 3 is 2.30 bits per heavy atom. The molecule has 0 aliphatic carbocycles. The maximum absolute atomic E-state index is 12.7. The zero-order chi connectivity index (χ0) is 21.6. The summed E-state index contributed by atoms with van der Waals surface area (Å²) in [7, 11) is -3.05. The highest BCUT2D eigenvalue weighted by molar-refractivity contribution is 7.91. The number of carbonyl (C=O) groups excluding carboxylic acids is 1. The molecule has 0 N–H and O–H groups in total. The van der Waals surface area contributed by atoms with Gasteiger partial charge in [0.1, 0.15) is 5.75 Å². The van der Waals surface area contributed by atoms with Crippen LogP contribution in [-0.2, 0) is 14.6 Å². The molecule has 0 bridgehead atoms. The minimum atomic E-state index is -3.05. The first-order valence-electron chi connectivity index (χ1n) is 10.1. The van der Waals surface area contributed by atoms with Crippen LogP contribution in [0, 0.1) is 11.3 Å². The lowest BCUT2D eigenvalue weighted by Crippen LogP contribution is -2.44. The Kier molecular flexibility index (Phi) is 7.11. The third-order valence-electron chi connectivity index (χ3n) is 5.29. The van der Waals surface area contributed by atoms with Crippen molar-refractivity contribution in [1.29, 1.82) is 5.26 Å². The molecule has 1 heterocycles. The van der Waals surface area contributed by atoms with E-state index >= 15 is 0 Å². The summed E-state index contributed by atoms with van der Waals surface area (Å²) in [6.45, 7) is 2.48. The summed E-state index contributed by atoms with van der Waals surface area (Å²) in [4.78, 5) is 14.4. The molecule has 1 atom stereocenters. The Morgan fingerprint density at radius 2 is 1.77 bits per heavy atom. The minimum absolute atomic E-state index is 0.0434. The van der Waals surface area contributed by atoms with Crippen molar-refractivity contribution in [1.82, 2.24) is 4.90 Å². The zero-order valence-corrected chi connectivity index (χ0v) is 17.9. The molecule has 1 amide bonds. The lowest BCUT2D eigenvalue weighted by molar-refractivity contribution is -0.135. The second-order valence-corrected chi connectivity index (χ2v) is 9.73. The number of benzene rings is 2. The number of ether oxygens (including phenoxy) is 1. The molecule has 1 aliphatic rings. The molecule has 30 heavy (non-hydrogen) atoms. The number of sulfone groups is 1. The molecular formula is C23H26N2O4S. The number of nitriles is 1. The van der Waals surface area contributed by atoms with Crippen LogP contribution in [0.25, 0.3) is 11.1 Å². The number of rotatable bonds is 8. The van der Waals surface area contributed by atoms with Gasteiger partial charge in [-0.2, -0.15) is 5.26 Å². The van der Waals surface area contributed by atoms with E-state index < -0.39 is 9.84 Å². The van der Waals surface area contributed by atoms with E-state index in [4.69, 9.17) is 10.00 Å². The molecule has 1 aliphatic heterocycles. The normalized spacial score (nSPS) is 17.3. The molecule has 1 fully saturated rings. The van der Waals surface area contributed by atoms with Crippen molar-refractivity contribution in [2.24, 2.45) is 0 Å². The SMILES string of the molecule is CCCCN(C(=O)COc1ccc(-c2ccc(C#N)cc2)cc1)C1CCS(=O)(=O)C1. The molecule has 2 aromatic rings. The van der Waals surface area contributed by atoms with Crippen LogP contribution in [0.15, 0.2) is 48.5 Å². The molecule has 6 nitrogen and oxygen atoms in total. The van der Waals surface area contributed by atoms with Crippen molar-refractivity contribution >= 4 is 15.7 Å². The van der Waals surface area contributed by atoms with E-state index in [0.29, 0.717) is 24.3 Å². The summed E-state index contributed by atoms with van der Waals surface area (Å²) < 4.78 is 29.3. The second-order valence-electron chi connectivity index (χ2n) is 7.50. The molecule has 7 heteroatoms. The van der Waals surface area contributed by atoms with Crippen LogP contribution in [0.1, 0.15) is 31.7 Å². The van der Waals surface area contributed by atoms with Crippen molar-refractivity contribution in [2.75, 3.05) is 24.7 Å². The predicted molar refractivity (Wildman–Crippen MR) is 116 cm³/mol. The zero-order valence-electron chi connectivity index (χ0n) is 17.1. The molecule has 0 aromatic heterocycles. The Labute approximate surface area is 178 Å². The Hall–Kier alpha value is -2.85. The van der Waals surface area contributed by atoms with Crippen LogP contribution in [0.2, 0.25) is 0 Å². The third kappa shape index (κ3) is 5.61. The van der Waals surface area contributed by atoms with E-state index in [9.17, 15) is 13.2 Å². The van der Waals surface area contributed by atoms with Gasteiger partial charge in [-0.1, -0.05) is 37.6 Å². The molecule has 158 valence electrons. The standard InChI is InChI=1S/C23H26N2O4S/c1-2-3-13-25(21-12-14-30(27,28)17-21)23(26)16-29-22-10-8-20(9-11-22)19-6-4-18(15-24)5-7-19/h4-11,21H,2-3,12-14,16-17H2,1H3. The quantitative estimate of drug-likeness (QED) is 0.645. The van der Waals surface area contributed by atoms with Crippen LogP contribution in [0.3, 0.4) is 0 Å². The number of nitrogens with zero attached hydrogens (tertiary/aromatic N) is 2. The molecular weight excluding hydrogens is 400 g/mol. The number of amides is 1. The Morgan fingerprint density at radius 1 is 1.13 bits per heavy atom. The molecule has 0 spiro atoms. The summed E-state index contributed by atoms with van der Waals surface area (Å²) in [5.41, 5.74) is 2.59. The van der Waals surface area contributed by atoms with E-state index in [0.717, 1.165) is 24.0 Å². The van der Waals surface area contributed by atoms with Crippen LogP contribution in [-0.4, -0.2) is 49.9 Å². The fraction of sp³-hybridized carbons (Fsp3) is 0.391. The molecule has 3 rings (SSSR count). The van der Waals surface area contributed by atoms with Gasteiger partial charge >= 0.3 is 0 Å². The lowest BCUT2D eigenvalue weighted by Gasteiger charge is -2.28. The van der Waals surface area contributed by atoms with Gasteiger partial charge in [0.15, 0.2) is 16.4 Å². The highest BCUT2D eigenvalue weighted by Crippen LogP contribution is 2.23. The van der Waals surface area contributed by atoms with Gasteiger partial charge in [0, 0.05) is 12.6 Å². The van der Waals surface area contributed by atoms with Crippen molar-refractivity contribution in [3.8, 4) is 22.9 Å². The third-order valence-corrected chi connectivity index (χ3v) is 7.04. The topological polar surface area (TPSA) is 87.5 Å². The van der Waals surface area contributed by atoms with Gasteiger partial charge in [-0.05, 0) is 48.2 Å². The van der Waals surface area contributed by atoms with Crippen molar-refractivity contribution in [2.45, 2.75) is 32.2 Å².